The van der Waals surface area contributed by atoms with Crippen molar-refractivity contribution in [3.63, 3.8) is 0 Å². The first-order valence-corrected chi connectivity index (χ1v) is 23.7. The zero-order chi connectivity index (χ0) is 32.2. The topological polar surface area (TPSA) is 0 Å². The zero-order valence-electron chi connectivity index (χ0n) is 29.2. The van der Waals surface area contributed by atoms with Gasteiger partial charge in [-0.25, -0.2) is 0 Å². The first kappa shape index (κ1) is 34.2. The molecule has 1 aliphatic heterocycles. The molecule has 0 saturated carbocycles. The maximum absolute atomic E-state index is 2.85. The van der Waals surface area contributed by atoms with Crippen molar-refractivity contribution in [1.29, 1.82) is 0 Å². The molecule has 0 N–H and O–H groups in total. The number of aryl methyl sites for hydroxylation is 2. The van der Waals surface area contributed by atoms with E-state index >= 15 is 0 Å². The Morgan fingerprint density at radius 3 is 1.27 bits per heavy atom. The molecular weight excluding hydrogens is 715 g/mol. The van der Waals surface area contributed by atoms with Gasteiger partial charge in [0.25, 0.3) is 0 Å². The van der Waals surface area contributed by atoms with Gasteiger partial charge in [0.2, 0.25) is 0 Å². The number of hydrogen-bond acceptors (Lipinski definition) is 0. The number of rotatable bonds is 4. The Kier molecular flexibility index (Phi) is 8.75. The fraction of sp³-hybridized carbons (Fsp3) is 0.217. The van der Waals surface area contributed by atoms with Crippen LogP contribution in [0.2, 0.25) is 8.26 Å². The molecule has 0 nitrogen and oxygen atoms in total. The molecule has 0 amide bonds. The van der Waals surface area contributed by atoms with Crippen molar-refractivity contribution in [1.82, 2.24) is 0 Å². The molecule has 6 aromatic rings. The van der Waals surface area contributed by atoms with Crippen molar-refractivity contribution >= 4 is 33.7 Å². The second-order valence-corrected chi connectivity index (χ2v) is 26.2. The monoisotopic (exact) mass is 754 g/mol. The maximum Gasteiger partial charge on any atom is -1.00 e. The minimum Gasteiger partial charge on any atom is -1.00 e. The molecule has 0 aromatic heterocycles. The van der Waals surface area contributed by atoms with Crippen LogP contribution in [0, 0.1) is 27.7 Å². The molecule has 2 atom stereocenters. The average Bonchev–Trinajstić information content (AvgIpc) is 3.66. The van der Waals surface area contributed by atoms with Crippen LogP contribution in [0.3, 0.4) is 0 Å². The van der Waals surface area contributed by atoms with Gasteiger partial charge in [-0.3, -0.25) is 0 Å². The summed E-state index contributed by atoms with van der Waals surface area (Å²) >= 11 is -2.85. The number of allylic oxidation sites excluding steroid dienone is 2. The van der Waals surface area contributed by atoms with Crippen molar-refractivity contribution in [3.05, 3.63) is 153 Å². The molecule has 0 spiro atoms. The van der Waals surface area contributed by atoms with E-state index in [4.69, 9.17) is 0 Å². The Morgan fingerprint density at radius 2 is 0.857 bits per heavy atom. The van der Waals surface area contributed by atoms with Gasteiger partial charge < -0.3 is 24.8 Å². The molecule has 9 rings (SSSR count). The summed E-state index contributed by atoms with van der Waals surface area (Å²) in [7, 11) is 0. The van der Waals surface area contributed by atoms with Gasteiger partial charge in [-0.1, -0.05) is 0 Å². The molecule has 49 heavy (non-hydrogen) atoms. The van der Waals surface area contributed by atoms with Crippen LogP contribution < -0.4 is 24.8 Å². The van der Waals surface area contributed by atoms with Crippen molar-refractivity contribution < 1.29 is 45.1 Å². The molecule has 6 aromatic carbocycles. The van der Waals surface area contributed by atoms with Gasteiger partial charge >= 0.3 is 286 Å². The molecule has 3 aliphatic rings. The fourth-order valence-electron chi connectivity index (χ4n) is 9.79. The molecule has 0 bridgehead atoms. The summed E-state index contributed by atoms with van der Waals surface area (Å²) in [5.41, 5.74) is 21.2. The molecule has 1 fully saturated rings. The minimum atomic E-state index is -2.85. The third-order valence-corrected chi connectivity index (χ3v) is 25.6. The summed E-state index contributed by atoms with van der Waals surface area (Å²) in [5, 5.41) is 5.35. The van der Waals surface area contributed by atoms with Gasteiger partial charge in [-0.15, -0.1) is 0 Å². The quantitative estimate of drug-likeness (QED) is 0.179. The minimum absolute atomic E-state index is 0. The van der Waals surface area contributed by atoms with Crippen LogP contribution in [0.25, 0.3) is 56.0 Å². The maximum atomic E-state index is 2.61. The van der Waals surface area contributed by atoms with Crippen molar-refractivity contribution in [2.45, 2.75) is 57.1 Å². The summed E-state index contributed by atoms with van der Waals surface area (Å²) in [6.45, 7) is 14.5. The molecule has 1 heterocycles. The predicted octanol–water partition coefficient (Wildman–Crippen LogP) is 7.19. The molecule has 1 saturated heterocycles. The summed E-state index contributed by atoms with van der Waals surface area (Å²) < 4.78 is 4.22. The second-order valence-electron chi connectivity index (χ2n) is 14.8. The van der Waals surface area contributed by atoms with Crippen LogP contribution in [0.1, 0.15) is 65.6 Å². The fourth-order valence-corrected chi connectivity index (χ4v) is 27.9. The Morgan fingerprint density at radius 1 is 0.469 bits per heavy atom. The SMILES string of the molecule is CC1=Cc2c(-c3cccc4ccccc34)cc(C)c(C)c2[CH]1[Zr+2]1([CH]2C(C)=Cc3c(-c4cccc5ccccc45)cc(C)c(C)c32)[CH2][CH2]1.[Cl-].[Cl-]. The van der Waals surface area contributed by atoms with Crippen LogP contribution in [-0.2, 0) is 20.3 Å². The van der Waals surface area contributed by atoms with Crippen LogP contribution in [0.5, 0.6) is 0 Å². The van der Waals surface area contributed by atoms with E-state index in [1.54, 1.807) is 22.3 Å². The summed E-state index contributed by atoms with van der Waals surface area (Å²) in [4.78, 5) is 0. The Labute approximate surface area is 308 Å². The molecule has 2 unspecified atom stereocenters. The number of benzene rings is 6. The third kappa shape index (κ3) is 5.02. The normalized spacial score (nSPS) is 17.7. The van der Waals surface area contributed by atoms with Gasteiger partial charge in [0, 0.05) is 0 Å². The zero-order valence-corrected chi connectivity index (χ0v) is 33.2. The molecule has 3 heteroatoms. The summed E-state index contributed by atoms with van der Waals surface area (Å²) in [5.74, 6) is 0. The summed E-state index contributed by atoms with van der Waals surface area (Å²) in [6, 6.07) is 36.5. The van der Waals surface area contributed by atoms with Gasteiger partial charge in [0.1, 0.15) is 0 Å². The standard InChI is InChI=1S/2C22H19.C2H4.2ClH.Zr/c2*1-14-11-20-16(3)15(2)13-22(21(20)12-14)19-10-6-8-17-7-4-5-9-18(17)19;1-2;;;/h2*4-13H,1-3H3;1-2H2;2*1H;/q;;;;;+2/p-2. The van der Waals surface area contributed by atoms with Crippen molar-refractivity contribution in [2.75, 3.05) is 0 Å². The Bertz CT molecular complexity index is 2210. The first-order valence-electron chi connectivity index (χ1n) is 17.4. The second kappa shape index (κ2) is 12.5. The number of halogens is 2. The van der Waals surface area contributed by atoms with Gasteiger partial charge in [0.05, 0.1) is 0 Å². The first-order chi connectivity index (χ1) is 22.8. The van der Waals surface area contributed by atoms with Crippen molar-refractivity contribution in [3.8, 4) is 22.3 Å². The average molecular weight is 757 g/mol. The van der Waals surface area contributed by atoms with Gasteiger partial charge in [0.15, 0.2) is 0 Å². The van der Waals surface area contributed by atoms with Crippen LogP contribution in [-0.4, -0.2) is 0 Å². The largest absolute Gasteiger partial charge is 1.00 e. The molecular formula is C46H42Cl2Zr. The van der Waals surface area contributed by atoms with E-state index in [0.717, 1.165) is 0 Å². The van der Waals surface area contributed by atoms with Crippen molar-refractivity contribution in [2.24, 2.45) is 0 Å². The number of hydrogen-bond donors (Lipinski definition) is 0. The van der Waals surface area contributed by atoms with Crippen LogP contribution >= 0.6 is 0 Å². The Hall–Kier alpha value is -3.22. The van der Waals surface area contributed by atoms with Gasteiger partial charge in [-0.05, 0) is 0 Å². The van der Waals surface area contributed by atoms with Gasteiger partial charge in [-0.2, -0.15) is 0 Å². The van der Waals surface area contributed by atoms with Crippen LogP contribution in [0.4, 0.5) is 0 Å². The van der Waals surface area contributed by atoms with E-state index in [9.17, 15) is 0 Å². The molecule has 0 radical (unpaired) electrons. The van der Waals surface area contributed by atoms with E-state index in [-0.39, 0.29) is 24.8 Å². The van der Waals surface area contributed by atoms with E-state index < -0.39 is 20.3 Å². The van der Waals surface area contributed by atoms with E-state index in [1.165, 1.54) is 85.4 Å². The predicted molar refractivity (Wildman–Crippen MR) is 200 cm³/mol. The third-order valence-electron chi connectivity index (χ3n) is 12.2. The molecule has 2 aliphatic carbocycles. The van der Waals surface area contributed by atoms with E-state index in [2.05, 4.69) is 151 Å². The number of fused-ring (bicyclic) bond motifs is 4. The van der Waals surface area contributed by atoms with E-state index in [1.807, 2.05) is 0 Å². The van der Waals surface area contributed by atoms with Crippen LogP contribution in [0.15, 0.2) is 108 Å². The smallest absolute Gasteiger partial charge is 1.00 e. The van der Waals surface area contributed by atoms with E-state index in [0.29, 0.717) is 7.25 Å². The Balaban J connectivity index is 0.00000189. The molecule has 244 valence electrons. The summed E-state index contributed by atoms with van der Waals surface area (Å²) in [6.07, 6.45) is 5.22.